The number of rotatable bonds is 3. The lowest BCUT2D eigenvalue weighted by Gasteiger charge is -2.10. The Balaban J connectivity index is 1.85. The highest BCUT2D eigenvalue weighted by atomic mass is 15.1. The van der Waals surface area contributed by atoms with Gasteiger partial charge in [-0.1, -0.05) is 12.1 Å². The molecule has 1 aliphatic carbocycles. The maximum Gasteiger partial charge on any atom is 0.113 e. The van der Waals surface area contributed by atoms with Crippen LogP contribution in [0.1, 0.15) is 46.8 Å². The van der Waals surface area contributed by atoms with Gasteiger partial charge in [-0.3, -0.25) is 0 Å². The summed E-state index contributed by atoms with van der Waals surface area (Å²) in [5.41, 5.74) is 6.75. The third-order valence-corrected chi connectivity index (χ3v) is 4.73. The monoisotopic (exact) mass is 301 g/mol. The highest BCUT2D eigenvalue weighted by Gasteiger charge is 2.29. The van der Waals surface area contributed by atoms with Crippen molar-refractivity contribution in [2.24, 2.45) is 0 Å². The summed E-state index contributed by atoms with van der Waals surface area (Å²) in [4.78, 5) is 4.91. The summed E-state index contributed by atoms with van der Waals surface area (Å²) in [5, 5.41) is 9.11. The van der Waals surface area contributed by atoms with Crippen LogP contribution in [0.4, 0.5) is 0 Å². The van der Waals surface area contributed by atoms with E-state index in [4.69, 9.17) is 10.2 Å². The number of fused-ring (bicyclic) bond motifs is 1. The van der Waals surface area contributed by atoms with Crippen LogP contribution in [0.3, 0.4) is 0 Å². The Morgan fingerprint density at radius 2 is 1.96 bits per heavy atom. The highest BCUT2D eigenvalue weighted by Crippen LogP contribution is 2.41. The first-order valence-electron chi connectivity index (χ1n) is 8.12. The van der Waals surface area contributed by atoms with Gasteiger partial charge in [0.05, 0.1) is 22.7 Å². The van der Waals surface area contributed by atoms with E-state index in [0.29, 0.717) is 11.5 Å². The zero-order chi connectivity index (χ0) is 16.0. The predicted octanol–water partition coefficient (Wildman–Crippen LogP) is 4.45. The molecule has 1 aromatic heterocycles. The van der Waals surface area contributed by atoms with Gasteiger partial charge in [-0.15, -0.1) is 0 Å². The molecule has 1 aliphatic rings. The molecule has 0 atom stereocenters. The molecule has 23 heavy (non-hydrogen) atoms. The predicted molar refractivity (Wildman–Crippen MR) is 91.4 cm³/mol. The molecule has 2 aromatic carbocycles. The van der Waals surface area contributed by atoms with Crippen molar-refractivity contribution in [2.45, 2.75) is 39.2 Å². The fourth-order valence-electron chi connectivity index (χ4n) is 3.14. The van der Waals surface area contributed by atoms with E-state index in [2.05, 4.69) is 42.7 Å². The molecular formula is C20H19N3. The Morgan fingerprint density at radius 3 is 2.70 bits per heavy atom. The highest BCUT2D eigenvalue weighted by molar-refractivity contribution is 5.78. The van der Waals surface area contributed by atoms with Crippen LogP contribution in [0.25, 0.3) is 11.0 Å². The summed E-state index contributed by atoms with van der Waals surface area (Å²) in [5.74, 6) is 1.80. The normalized spacial score (nSPS) is 14.1. The zero-order valence-electron chi connectivity index (χ0n) is 13.5. The Kier molecular flexibility index (Phi) is 3.20. The van der Waals surface area contributed by atoms with E-state index < -0.39 is 0 Å². The number of nitriles is 1. The van der Waals surface area contributed by atoms with Gasteiger partial charge in [-0.25, -0.2) is 4.98 Å². The third-order valence-electron chi connectivity index (χ3n) is 4.73. The SMILES string of the molecule is Cc1cc2nc(C3CC3)n(Cc3cccc(C#N)c3)c2cc1C. The summed E-state index contributed by atoms with van der Waals surface area (Å²) in [6, 6.07) is 14.5. The number of hydrogen-bond acceptors (Lipinski definition) is 2. The molecule has 0 saturated heterocycles. The fourth-order valence-corrected chi connectivity index (χ4v) is 3.14. The van der Waals surface area contributed by atoms with Gasteiger partial charge in [-0.05, 0) is 67.6 Å². The van der Waals surface area contributed by atoms with Gasteiger partial charge < -0.3 is 4.57 Å². The minimum Gasteiger partial charge on any atom is -0.323 e. The Morgan fingerprint density at radius 1 is 1.17 bits per heavy atom. The minimum atomic E-state index is 0.599. The molecule has 0 amide bonds. The quantitative estimate of drug-likeness (QED) is 0.717. The molecule has 0 bridgehead atoms. The molecule has 4 rings (SSSR count). The first-order valence-corrected chi connectivity index (χ1v) is 8.12. The molecule has 114 valence electrons. The van der Waals surface area contributed by atoms with Crippen LogP contribution in [0.2, 0.25) is 0 Å². The van der Waals surface area contributed by atoms with Crippen molar-refractivity contribution in [1.82, 2.24) is 9.55 Å². The van der Waals surface area contributed by atoms with E-state index in [1.807, 2.05) is 18.2 Å². The lowest BCUT2D eigenvalue weighted by atomic mass is 10.1. The molecule has 0 aliphatic heterocycles. The number of aryl methyl sites for hydroxylation is 2. The summed E-state index contributed by atoms with van der Waals surface area (Å²) >= 11 is 0. The van der Waals surface area contributed by atoms with E-state index in [1.54, 1.807) is 0 Å². The molecule has 1 heterocycles. The van der Waals surface area contributed by atoms with Crippen LogP contribution in [0, 0.1) is 25.2 Å². The van der Waals surface area contributed by atoms with Gasteiger partial charge in [0, 0.05) is 12.5 Å². The number of imidazole rings is 1. The largest absolute Gasteiger partial charge is 0.323 e. The number of benzene rings is 2. The second-order valence-corrected chi connectivity index (χ2v) is 6.57. The fraction of sp³-hybridized carbons (Fsp3) is 0.300. The number of nitrogens with zero attached hydrogens (tertiary/aromatic N) is 3. The van der Waals surface area contributed by atoms with E-state index >= 15 is 0 Å². The average molecular weight is 301 g/mol. The molecule has 3 heteroatoms. The molecule has 0 radical (unpaired) electrons. The van der Waals surface area contributed by atoms with E-state index in [9.17, 15) is 0 Å². The second kappa shape index (κ2) is 5.24. The van der Waals surface area contributed by atoms with Gasteiger partial charge in [-0.2, -0.15) is 5.26 Å². The van der Waals surface area contributed by atoms with Crippen LogP contribution in [-0.2, 0) is 6.54 Å². The van der Waals surface area contributed by atoms with E-state index in [1.165, 1.54) is 35.3 Å². The van der Waals surface area contributed by atoms with Crippen molar-refractivity contribution in [3.05, 3.63) is 64.5 Å². The first-order chi connectivity index (χ1) is 11.2. The van der Waals surface area contributed by atoms with E-state index in [0.717, 1.165) is 17.6 Å². The summed E-state index contributed by atoms with van der Waals surface area (Å²) in [6.45, 7) is 5.07. The minimum absolute atomic E-state index is 0.599. The molecule has 3 aromatic rings. The molecule has 0 N–H and O–H groups in total. The number of aromatic nitrogens is 2. The summed E-state index contributed by atoms with van der Waals surface area (Å²) < 4.78 is 2.34. The van der Waals surface area contributed by atoms with Gasteiger partial charge in [0.15, 0.2) is 0 Å². The van der Waals surface area contributed by atoms with Crippen LogP contribution < -0.4 is 0 Å². The van der Waals surface area contributed by atoms with Gasteiger partial charge >= 0.3 is 0 Å². The Bertz CT molecular complexity index is 939. The standard InChI is InChI=1S/C20H19N3/c1-13-8-18-19(9-14(13)2)23(20(22-18)17-6-7-17)12-16-5-3-4-15(10-16)11-21/h3-5,8-10,17H,6-7,12H2,1-2H3. The molecule has 0 unspecified atom stereocenters. The maximum atomic E-state index is 9.11. The molecule has 1 saturated carbocycles. The first kappa shape index (κ1) is 14.0. The van der Waals surface area contributed by atoms with Gasteiger partial charge in [0.2, 0.25) is 0 Å². The third kappa shape index (κ3) is 2.51. The Hall–Kier alpha value is -2.60. The van der Waals surface area contributed by atoms with E-state index in [-0.39, 0.29) is 0 Å². The van der Waals surface area contributed by atoms with Crippen molar-refractivity contribution in [1.29, 1.82) is 5.26 Å². The lowest BCUT2D eigenvalue weighted by Crippen LogP contribution is -2.04. The number of hydrogen-bond donors (Lipinski definition) is 0. The van der Waals surface area contributed by atoms with Crippen LogP contribution in [-0.4, -0.2) is 9.55 Å². The average Bonchev–Trinajstić information content (AvgIpc) is 3.34. The molecular weight excluding hydrogens is 282 g/mol. The molecule has 1 fully saturated rings. The summed E-state index contributed by atoms with van der Waals surface area (Å²) in [6.07, 6.45) is 2.47. The lowest BCUT2D eigenvalue weighted by molar-refractivity contribution is 0.746. The van der Waals surface area contributed by atoms with Crippen LogP contribution in [0.5, 0.6) is 0 Å². The van der Waals surface area contributed by atoms with Gasteiger partial charge in [0.25, 0.3) is 0 Å². The molecule has 0 spiro atoms. The van der Waals surface area contributed by atoms with Crippen molar-refractivity contribution in [2.75, 3.05) is 0 Å². The second-order valence-electron chi connectivity index (χ2n) is 6.57. The van der Waals surface area contributed by atoms with Crippen molar-refractivity contribution < 1.29 is 0 Å². The molecule has 3 nitrogen and oxygen atoms in total. The smallest absolute Gasteiger partial charge is 0.113 e. The maximum absolute atomic E-state index is 9.11. The van der Waals surface area contributed by atoms with Gasteiger partial charge in [0.1, 0.15) is 5.82 Å². The van der Waals surface area contributed by atoms with Crippen molar-refractivity contribution in [3.63, 3.8) is 0 Å². The Labute approximate surface area is 136 Å². The topological polar surface area (TPSA) is 41.6 Å². The summed E-state index contributed by atoms with van der Waals surface area (Å²) in [7, 11) is 0. The van der Waals surface area contributed by atoms with Crippen molar-refractivity contribution in [3.8, 4) is 6.07 Å². The van der Waals surface area contributed by atoms with Crippen LogP contribution in [0.15, 0.2) is 36.4 Å². The van der Waals surface area contributed by atoms with Crippen LogP contribution >= 0.6 is 0 Å². The van der Waals surface area contributed by atoms with Crippen molar-refractivity contribution >= 4 is 11.0 Å². The zero-order valence-corrected chi connectivity index (χ0v) is 13.5.